The van der Waals surface area contributed by atoms with Crippen molar-refractivity contribution in [3.8, 4) is 11.8 Å². The van der Waals surface area contributed by atoms with E-state index in [1.807, 2.05) is 6.07 Å². The summed E-state index contributed by atoms with van der Waals surface area (Å²) in [5, 5.41) is 19.1. The van der Waals surface area contributed by atoms with Crippen LogP contribution in [-0.4, -0.2) is 5.11 Å². The van der Waals surface area contributed by atoms with E-state index in [1.165, 1.54) is 0 Å². The standard InChI is InChI=1S/C16H11ClN2O4/c17-9-3-1-2-8(4-9)13-11(6-18)16(19)23-14-12(21)5-10(7-20)22-15(13)14/h1-5,13,20H,7,19H2/t13-/m0/s1. The summed E-state index contributed by atoms with van der Waals surface area (Å²) in [6.07, 6.45) is 0. The fourth-order valence-corrected chi connectivity index (χ4v) is 2.68. The van der Waals surface area contributed by atoms with Crippen LogP contribution in [0.2, 0.25) is 5.02 Å². The minimum absolute atomic E-state index is 0.0714. The van der Waals surface area contributed by atoms with Gasteiger partial charge in [0.15, 0.2) is 5.76 Å². The van der Waals surface area contributed by atoms with Crippen LogP contribution in [0.3, 0.4) is 0 Å². The van der Waals surface area contributed by atoms with Crippen LogP contribution < -0.4 is 15.9 Å². The number of aliphatic hydroxyl groups excluding tert-OH is 1. The monoisotopic (exact) mass is 330 g/mol. The van der Waals surface area contributed by atoms with Crippen molar-refractivity contribution in [3.05, 3.63) is 74.1 Å². The number of nitrogens with two attached hydrogens (primary N) is 1. The summed E-state index contributed by atoms with van der Waals surface area (Å²) in [6, 6.07) is 9.89. The number of benzene rings is 1. The van der Waals surface area contributed by atoms with Crippen molar-refractivity contribution in [2.24, 2.45) is 5.73 Å². The molecule has 6 nitrogen and oxygen atoms in total. The van der Waals surface area contributed by atoms with Crippen molar-refractivity contribution in [2.75, 3.05) is 0 Å². The van der Waals surface area contributed by atoms with Crippen LogP contribution in [0.1, 0.15) is 23.0 Å². The number of fused-ring (bicyclic) bond motifs is 1. The van der Waals surface area contributed by atoms with Crippen molar-refractivity contribution in [1.82, 2.24) is 0 Å². The molecule has 7 heteroatoms. The summed E-state index contributed by atoms with van der Waals surface area (Å²) in [5.74, 6) is -0.795. The Morgan fingerprint density at radius 3 is 2.83 bits per heavy atom. The lowest BCUT2D eigenvalue weighted by atomic mass is 9.87. The highest BCUT2D eigenvalue weighted by Gasteiger charge is 2.35. The first-order valence-corrected chi connectivity index (χ1v) is 7.03. The Morgan fingerprint density at radius 1 is 1.39 bits per heavy atom. The quantitative estimate of drug-likeness (QED) is 0.871. The number of hydrogen-bond acceptors (Lipinski definition) is 6. The SMILES string of the molecule is N#CC1=C(N)Oc2c(oc(CO)cc2=O)[C@H]1c1cccc(Cl)c1. The van der Waals surface area contributed by atoms with Crippen LogP contribution in [0.15, 0.2) is 51.0 Å². The van der Waals surface area contributed by atoms with Gasteiger partial charge in [-0.15, -0.1) is 0 Å². The molecule has 0 spiro atoms. The summed E-state index contributed by atoms with van der Waals surface area (Å²) >= 11 is 6.01. The summed E-state index contributed by atoms with van der Waals surface area (Å²) in [7, 11) is 0. The van der Waals surface area contributed by atoms with E-state index in [0.29, 0.717) is 10.6 Å². The second kappa shape index (κ2) is 5.80. The molecule has 3 N–H and O–H groups in total. The van der Waals surface area contributed by atoms with Crippen LogP contribution in [0.5, 0.6) is 5.75 Å². The van der Waals surface area contributed by atoms with Gasteiger partial charge in [0.2, 0.25) is 17.1 Å². The highest BCUT2D eigenvalue weighted by Crippen LogP contribution is 2.41. The van der Waals surface area contributed by atoms with Gasteiger partial charge in [-0.1, -0.05) is 23.7 Å². The van der Waals surface area contributed by atoms with Gasteiger partial charge >= 0.3 is 0 Å². The summed E-state index contributed by atoms with van der Waals surface area (Å²) < 4.78 is 10.8. The van der Waals surface area contributed by atoms with Crippen molar-refractivity contribution >= 4 is 11.6 Å². The zero-order valence-electron chi connectivity index (χ0n) is 11.7. The Labute approximate surface area is 136 Å². The molecule has 0 radical (unpaired) electrons. The van der Waals surface area contributed by atoms with Gasteiger partial charge in [-0.05, 0) is 17.7 Å². The predicted octanol–water partition coefficient (Wildman–Crippen LogP) is 2.00. The lowest BCUT2D eigenvalue weighted by molar-refractivity contribution is 0.231. The van der Waals surface area contributed by atoms with Gasteiger partial charge in [-0.2, -0.15) is 5.26 Å². The van der Waals surface area contributed by atoms with Crippen LogP contribution in [-0.2, 0) is 6.61 Å². The van der Waals surface area contributed by atoms with Crippen LogP contribution in [0.25, 0.3) is 0 Å². The molecule has 2 aromatic rings. The van der Waals surface area contributed by atoms with E-state index < -0.39 is 18.0 Å². The van der Waals surface area contributed by atoms with Crippen molar-refractivity contribution in [2.45, 2.75) is 12.5 Å². The number of hydrogen-bond donors (Lipinski definition) is 2. The molecule has 1 aliphatic rings. The molecular formula is C16H11ClN2O4. The Morgan fingerprint density at radius 2 is 2.17 bits per heavy atom. The lowest BCUT2D eigenvalue weighted by Crippen LogP contribution is -2.25. The number of ether oxygens (including phenoxy) is 1. The number of nitriles is 1. The molecule has 0 saturated heterocycles. The first-order chi connectivity index (χ1) is 11.0. The molecule has 0 bridgehead atoms. The maximum atomic E-state index is 12.1. The summed E-state index contributed by atoms with van der Waals surface area (Å²) in [6.45, 7) is -0.453. The van der Waals surface area contributed by atoms with Gasteiger partial charge in [0, 0.05) is 11.1 Å². The second-order valence-corrected chi connectivity index (χ2v) is 5.34. The van der Waals surface area contributed by atoms with Crippen LogP contribution >= 0.6 is 11.6 Å². The molecule has 2 heterocycles. The number of halogens is 1. The van der Waals surface area contributed by atoms with Gasteiger partial charge in [0.25, 0.3) is 0 Å². The van der Waals surface area contributed by atoms with Crippen molar-refractivity contribution < 1.29 is 14.3 Å². The number of aliphatic hydroxyl groups is 1. The zero-order valence-corrected chi connectivity index (χ0v) is 12.5. The van der Waals surface area contributed by atoms with E-state index in [0.717, 1.165) is 6.07 Å². The van der Waals surface area contributed by atoms with E-state index in [2.05, 4.69) is 0 Å². The van der Waals surface area contributed by atoms with Gasteiger partial charge in [0.05, 0.1) is 5.92 Å². The topological polar surface area (TPSA) is 109 Å². The number of allylic oxidation sites excluding steroid dienone is 1. The smallest absolute Gasteiger partial charge is 0.228 e. The molecule has 3 rings (SSSR count). The van der Waals surface area contributed by atoms with E-state index in [-0.39, 0.29) is 28.7 Å². The first-order valence-electron chi connectivity index (χ1n) is 6.66. The summed E-state index contributed by atoms with van der Waals surface area (Å²) in [4.78, 5) is 12.1. The first kappa shape index (κ1) is 15.2. The number of rotatable bonds is 2. The van der Waals surface area contributed by atoms with Gasteiger partial charge < -0.3 is 20.0 Å². The van der Waals surface area contributed by atoms with Gasteiger partial charge in [-0.3, -0.25) is 4.79 Å². The fraction of sp³-hybridized carbons (Fsp3) is 0.125. The van der Waals surface area contributed by atoms with E-state index >= 15 is 0 Å². The molecule has 0 unspecified atom stereocenters. The molecule has 116 valence electrons. The lowest BCUT2D eigenvalue weighted by Gasteiger charge is -2.24. The molecular weight excluding hydrogens is 320 g/mol. The Kier molecular flexibility index (Phi) is 3.82. The minimum Gasteiger partial charge on any atom is -0.458 e. The highest BCUT2D eigenvalue weighted by molar-refractivity contribution is 6.30. The maximum absolute atomic E-state index is 12.1. The zero-order chi connectivity index (χ0) is 16.6. The van der Waals surface area contributed by atoms with Crippen molar-refractivity contribution in [3.63, 3.8) is 0 Å². The molecule has 23 heavy (non-hydrogen) atoms. The normalized spacial score (nSPS) is 16.5. The van der Waals surface area contributed by atoms with Gasteiger partial charge in [0.1, 0.15) is 24.0 Å². The van der Waals surface area contributed by atoms with Crippen LogP contribution in [0.4, 0.5) is 0 Å². The Hall–Kier alpha value is -2.75. The molecule has 1 atom stereocenters. The second-order valence-electron chi connectivity index (χ2n) is 4.91. The third kappa shape index (κ3) is 2.57. The molecule has 0 fully saturated rings. The molecule has 1 aromatic heterocycles. The van der Waals surface area contributed by atoms with E-state index in [4.69, 9.17) is 26.5 Å². The van der Waals surface area contributed by atoms with E-state index in [1.54, 1.807) is 24.3 Å². The molecule has 0 aliphatic carbocycles. The molecule has 1 aliphatic heterocycles. The third-order valence-corrected chi connectivity index (χ3v) is 3.70. The average molecular weight is 331 g/mol. The number of nitrogens with zero attached hydrogens (tertiary/aromatic N) is 1. The average Bonchev–Trinajstić information content (AvgIpc) is 2.54. The Balaban J connectivity index is 2.31. The minimum atomic E-state index is -0.735. The van der Waals surface area contributed by atoms with E-state index in [9.17, 15) is 15.2 Å². The molecule has 0 amide bonds. The highest BCUT2D eigenvalue weighted by atomic mass is 35.5. The summed E-state index contributed by atoms with van der Waals surface area (Å²) in [5.41, 5.74) is 6.03. The van der Waals surface area contributed by atoms with Gasteiger partial charge in [-0.25, -0.2) is 0 Å². The van der Waals surface area contributed by atoms with Crippen LogP contribution in [0, 0.1) is 11.3 Å². The van der Waals surface area contributed by atoms with Crippen molar-refractivity contribution in [1.29, 1.82) is 5.26 Å². The predicted molar refractivity (Wildman–Crippen MR) is 81.7 cm³/mol. The molecule has 1 aromatic carbocycles. The molecule has 0 saturated carbocycles. The largest absolute Gasteiger partial charge is 0.458 e. The third-order valence-electron chi connectivity index (χ3n) is 3.47. The maximum Gasteiger partial charge on any atom is 0.228 e. The fourth-order valence-electron chi connectivity index (χ4n) is 2.48. The Bertz CT molecular complexity index is 911.